The van der Waals surface area contributed by atoms with Gasteiger partial charge in [-0.25, -0.2) is 0 Å². The molecule has 0 aromatic heterocycles. The van der Waals surface area contributed by atoms with Crippen molar-refractivity contribution in [2.24, 2.45) is 0 Å². The van der Waals surface area contributed by atoms with Gasteiger partial charge in [0.2, 0.25) is 0 Å². The molecule has 0 unspecified atom stereocenters. The Bertz CT molecular complexity index is 409. The maximum Gasteiger partial charge on any atom is 0.258 e. The molecule has 0 radical (unpaired) electrons. The SMILES string of the molecule is O=C(COc1ccc(Br)cc1)NC1(CO)CCC1. The van der Waals surface area contributed by atoms with E-state index in [2.05, 4.69) is 21.2 Å². The summed E-state index contributed by atoms with van der Waals surface area (Å²) in [4.78, 5) is 11.7. The number of carbonyl (C=O) groups is 1. The Hall–Kier alpha value is -1.07. The van der Waals surface area contributed by atoms with Crippen molar-refractivity contribution < 1.29 is 14.6 Å². The van der Waals surface area contributed by atoms with Gasteiger partial charge in [-0.1, -0.05) is 15.9 Å². The van der Waals surface area contributed by atoms with Gasteiger partial charge in [0, 0.05) is 4.47 Å². The highest BCUT2D eigenvalue weighted by Crippen LogP contribution is 2.31. The van der Waals surface area contributed by atoms with Crippen LogP contribution in [-0.2, 0) is 4.79 Å². The first kappa shape index (κ1) is 13.4. The highest BCUT2D eigenvalue weighted by Gasteiger charge is 2.37. The van der Waals surface area contributed by atoms with E-state index in [1.54, 1.807) is 12.1 Å². The Morgan fingerprint density at radius 3 is 2.56 bits per heavy atom. The van der Waals surface area contributed by atoms with Crippen LogP contribution in [0, 0.1) is 0 Å². The predicted octanol–water partition coefficient (Wildman–Crippen LogP) is 1.86. The Kier molecular flexibility index (Phi) is 4.24. The van der Waals surface area contributed by atoms with Crippen molar-refractivity contribution in [3.63, 3.8) is 0 Å². The van der Waals surface area contributed by atoms with Crippen molar-refractivity contribution >= 4 is 21.8 Å². The zero-order chi connectivity index (χ0) is 13.0. The molecule has 0 aliphatic heterocycles. The second kappa shape index (κ2) is 5.71. The van der Waals surface area contributed by atoms with E-state index in [1.807, 2.05) is 12.1 Å². The van der Waals surface area contributed by atoms with Gasteiger partial charge in [0.05, 0.1) is 12.1 Å². The van der Waals surface area contributed by atoms with Gasteiger partial charge in [0.15, 0.2) is 6.61 Å². The van der Waals surface area contributed by atoms with Crippen LogP contribution in [0.25, 0.3) is 0 Å². The van der Waals surface area contributed by atoms with E-state index in [0.717, 1.165) is 23.7 Å². The van der Waals surface area contributed by atoms with E-state index in [1.165, 1.54) is 0 Å². The summed E-state index contributed by atoms with van der Waals surface area (Å²) in [6, 6.07) is 7.30. The topological polar surface area (TPSA) is 58.6 Å². The summed E-state index contributed by atoms with van der Waals surface area (Å²) in [5, 5.41) is 12.1. The third-order valence-corrected chi connectivity index (χ3v) is 3.73. The first-order valence-corrected chi connectivity index (χ1v) is 6.73. The summed E-state index contributed by atoms with van der Waals surface area (Å²) in [6.07, 6.45) is 2.73. The van der Waals surface area contributed by atoms with Crippen molar-refractivity contribution in [1.29, 1.82) is 0 Å². The number of amides is 1. The van der Waals surface area contributed by atoms with Crippen LogP contribution >= 0.6 is 15.9 Å². The average Bonchev–Trinajstić information content (AvgIpc) is 2.33. The van der Waals surface area contributed by atoms with E-state index in [4.69, 9.17) is 4.74 Å². The standard InChI is InChI=1S/C13H16BrNO3/c14-10-2-4-11(5-3-10)18-8-12(17)15-13(9-16)6-1-7-13/h2-5,16H,1,6-9H2,(H,15,17). The van der Waals surface area contributed by atoms with Gasteiger partial charge in [0.25, 0.3) is 5.91 Å². The number of ether oxygens (including phenoxy) is 1. The molecule has 1 fully saturated rings. The highest BCUT2D eigenvalue weighted by atomic mass is 79.9. The van der Waals surface area contributed by atoms with Crippen LogP contribution in [0.15, 0.2) is 28.7 Å². The molecule has 0 saturated heterocycles. The molecule has 98 valence electrons. The van der Waals surface area contributed by atoms with Crippen LogP contribution in [0.4, 0.5) is 0 Å². The first-order chi connectivity index (χ1) is 8.63. The quantitative estimate of drug-likeness (QED) is 0.872. The lowest BCUT2D eigenvalue weighted by molar-refractivity contribution is -0.127. The number of carbonyl (C=O) groups excluding carboxylic acids is 1. The van der Waals surface area contributed by atoms with Crippen molar-refractivity contribution in [2.75, 3.05) is 13.2 Å². The lowest BCUT2D eigenvalue weighted by atomic mass is 9.77. The first-order valence-electron chi connectivity index (χ1n) is 5.94. The summed E-state index contributed by atoms with van der Waals surface area (Å²) in [5.74, 6) is 0.465. The molecule has 0 atom stereocenters. The average molecular weight is 314 g/mol. The molecule has 2 N–H and O–H groups in total. The van der Waals surface area contributed by atoms with Crippen LogP contribution in [0.3, 0.4) is 0 Å². The molecule has 0 bridgehead atoms. The van der Waals surface area contributed by atoms with Gasteiger partial charge in [-0.05, 0) is 43.5 Å². The lowest BCUT2D eigenvalue weighted by Crippen LogP contribution is -2.57. The molecule has 1 aromatic rings. The summed E-state index contributed by atoms with van der Waals surface area (Å²) < 4.78 is 6.33. The molecular weight excluding hydrogens is 298 g/mol. The Morgan fingerprint density at radius 1 is 1.39 bits per heavy atom. The fourth-order valence-corrected chi connectivity index (χ4v) is 2.20. The monoisotopic (exact) mass is 313 g/mol. The van der Waals surface area contributed by atoms with Crippen LogP contribution < -0.4 is 10.1 Å². The number of nitrogens with one attached hydrogen (secondary N) is 1. The lowest BCUT2D eigenvalue weighted by Gasteiger charge is -2.40. The maximum absolute atomic E-state index is 11.7. The molecule has 1 saturated carbocycles. The van der Waals surface area contributed by atoms with Crippen LogP contribution in [0.5, 0.6) is 5.75 Å². The van der Waals surface area contributed by atoms with E-state index in [0.29, 0.717) is 5.75 Å². The number of benzene rings is 1. The molecule has 2 rings (SSSR count). The summed E-state index contributed by atoms with van der Waals surface area (Å²) >= 11 is 3.33. The summed E-state index contributed by atoms with van der Waals surface area (Å²) in [5.41, 5.74) is -0.403. The zero-order valence-electron chi connectivity index (χ0n) is 9.99. The Labute approximate surface area is 114 Å². The molecule has 4 nitrogen and oxygen atoms in total. The number of aliphatic hydroxyl groups excluding tert-OH is 1. The van der Waals surface area contributed by atoms with Crippen molar-refractivity contribution in [1.82, 2.24) is 5.32 Å². The van der Waals surface area contributed by atoms with Gasteiger partial charge >= 0.3 is 0 Å². The molecule has 1 aliphatic rings. The fraction of sp³-hybridized carbons (Fsp3) is 0.462. The van der Waals surface area contributed by atoms with Crippen molar-refractivity contribution in [3.05, 3.63) is 28.7 Å². The second-order valence-electron chi connectivity index (χ2n) is 4.58. The van der Waals surface area contributed by atoms with Crippen molar-refractivity contribution in [2.45, 2.75) is 24.8 Å². The van der Waals surface area contributed by atoms with E-state index in [9.17, 15) is 9.90 Å². The van der Waals surface area contributed by atoms with Gasteiger partial charge < -0.3 is 15.2 Å². The van der Waals surface area contributed by atoms with E-state index < -0.39 is 5.54 Å². The smallest absolute Gasteiger partial charge is 0.258 e. The van der Waals surface area contributed by atoms with E-state index >= 15 is 0 Å². The van der Waals surface area contributed by atoms with Gasteiger partial charge in [-0.3, -0.25) is 4.79 Å². The van der Waals surface area contributed by atoms with Gasteiger partial charge in [0.1, 0.15) is 5.75 Å². The molecule has 1 amide bonds. The highest BCUT2D eigenvalue weighted by molar-refractivity contribution is 9.10. The molecule has 0 spiro atoms. The second-order valence-corrected chi connectivity index (χ2v) is 5.50. The molecule has 1 aliphatic carbocycles. The van der Waals surface area contributed by atoms with Crippen LogP contribution in [-0.4, -0.2) is 29.8 Å². The predicted molar refractivity (Wildman–Crippen MR) is 71.4 cm³/mol. The minimum atomic E-state index is -0.403. The molecule has 1 aromatic carbocycles. The maximum atomic E-state index is 11.7. The zero-order valence-corrected chi connectivity index (χ0v) is 11.6. The van der Waals surface area contributed by atoms with Crippen LogP contribution in [0.1, 0.15) is 19.3 Å². The number of hydrogen-bond donors (Lipinski definition) is 2. The van der Waals surface area contributed by atoms with Crippen molar-refractivity contribution in [3.8, 4) is 5.75 Å². The summed E-state index contributed by atoms with van der Waals surface area (Å²) in [7, 11) is 0. The molecule has 18 heavy (non-hydrogen) atoms. The normalized spacial score (nSPS) is 16.8. The molecule has 0 heterocycles. The van der Waals surface area contributed by atoms with Gasteiger partial charge in [-0.2, -0.15) is 0 Å². The fourth-order valence-electron chi connectivity index (χ4n) is 1.94. The minimum absolute atomic E-state index is 0.00295. The third kappa shape index (κ3) is 3.23. The van der Waals surface area contributed by atoms with Gasteiger partial charge in [-0.15, -0.1) is 0 Å². The number of hydrogen-bond acceptors (Lipinski definition) is 3. The number of halogens is 1. The molecule has 5 heteroatoms. The Morgan fingerprint density at radius 2 is 2.06 bits per heavy atom. The third-order valence-electron chi connectivity index (χ3n) is 3.20. The minimum Gasteiger partial charge on any atom is -0.484 e. The number of rotatable bonds is 5. The number of aliphatic hydroxyl groups is 1. The Balaban J connectivity index is 1.79. The summed E-state index contributed by atoms with van der Waals surface area (Å²) in [6.45, 7) is -0.0274. The largest absolute Gasteiger partial charge is 0.484 e. The molecular formula is C13H16BrNO3. The van der Waals surface area contributed by atoms with Crippen LogP contribution in [0.2, 0.25) is 0 Å². The van der Waals surface area contributed by atoms with E-state index in [-0.39, 0.29) is 19.1 Å².